The van der Waals surface area contributed by atoms with E-state index in [1.165, 1.54) is 0 Å². The molecule has 0 N–H and O–H groups in total. The molecule has 0 spiro atoms. The van der Waals surface area contributed by atoms with E-state index >= 15 is 0 Å². The third kappa shape index (κ3) is 1.80. The van der Waals surface area contributed by atoms with Crippen LogP contribution < -0.4 is 0 Å². The Morgan fingerprint density at radius 3 is 2.39 bits per heavy atom. The molecule has 0 amide bonds. The fourth-order valence-electron chi connectivity index (χ4n) is 2.38. The Labute approximate surface area is 105 Å². The van der Waals surface area contributed by atoms with Gasteiger partial charge in [-0.3, -0.25) is 0 Å². The van der Waals surface area contributed by atoms with Crippen LogP contribution in [0.4, 0.5) is 4.39 Å². The van der Waals surface area contributed by atoms with E-state index in [-0.39, 0.29) is 6.67 Å². The first-order valence-electron chi connectivity index (χ1n) is 6.10. The Bertz CT molecular complexity index is 655. The predicted molar refractivity (Wildman–Crippen MR) is 73.3 cm³/mol. The van der Waals surface area contributed by atoms with Crippen LogP contribution in [0.3, 0.4) is 0 Å². The van der Waals surface area contributed by atoms with E-state index in [4.69, 9.17) is 0 Å². The standard InChI is InChI=1S/C16H14FN/c17-10-11-18-15-9-5-4-8-14(15)12-16(18)13-6-2-1-3-7-13/h1-9,12H,10-11H2. The van der Waals surface area contributed by atoms with Gasteiger partial charge in [0.05, 0.1) is 6.54 Å². The molecular weight excluding hydrogens is 225 g/mol. The minimum absolute atomic E-state index is 0.349. The largest absolute Gasteiger partial charge is 0.338 e. The molecule has 3 aromatic rings. The summed E-state index contributed by atoms with van der Waals surface area (Å²) in [6.07, 6.45) is 0. The molecule has 0 atom stereocenters. The zero-order valence-corrected chi connectivity index (χ0v) is 10.0. The average Bonchev–Trinajstić information content (AvgIpc) is 2.80. The van der Waals surface area contributed by atoms with Crippen molar-refractivity contribution in [2.75, 3.05) is 6.67 Å². The van der Waals surface area contributed by atoms with Crippen LogP contribution in [0.25, 0.3) is 22.2 Å². The van der Waals surface area contributed by atoms with Crippen molar-refractivity contribution in [1.82, 2.24) is 4.57 Å². The molecule has 1 aromatic heterocycles. The molecule has 0 saturated carbocycles. The molecule has 18 heavy (non-hydrogen) atoms. The second kappa shape index (κ2) is 4.65. The summed E-state index contributed by atoms with van der Waals surface area (Å²) in [7, 11) is 0. The van der Waals surface area contributed by atoms with Crippen molar-refractivity contribution in [2.24, 2.45) is 0 Å². The molecular formula is C16H14FN. The van der Waals surface area contributed by atoms with Crippen molar-refractivity contribution in [3.05, 3.63) is 60.7 Å². The molecule has 0 aliphatic rings. The number of halogens is 1. The van der Waals surface area contributed by atoms with Gasteiger partial charge in [0.2, 0.25) is 0 Å². The van der Waals surface area contributed by atoms with E-state index in [1.54, 1.807) is 0 Å². The van der Waals surface area contributed by atoms with E-state index in [0.29, 0.717) is 6.54 Å². The summed E-state index contributed by atoms with van der Waals surface area (Å²) in [5.74, 6) is 0. The number of hydrogen-bond donors (Lipinski definition) is 0. The fraction of sp³-hybridized carbons (Fsp3) is 0.125. The van der Waals surface area contributed by atoms with Gasteiger partial charge in [-0.15, -0.1) is 0 Å². The molecule has 2 heteroatoms. The number of para-hydroxylation sites is 1. The van der Waals surface area contributed by atoms with Crippen molar-refractivity contribution < 1.29 is 4.39 Å². The lowest BCUT2D eigenvalue weighted by atomic mass is 10.1. The Balaban J connectivity index is 2.25. The smallest absolute Gasteiger partial charge is 0.107 e. The minimum atomic E-state index is -0.349. The van der Waals surface area contributed by atoms with Crippen LogP contribution in [0.15, 0.2) is 60.7 Å². The molecule has 0 bridgehead atoms. The van der Waals surface area contributed by atoms with Crippen LogP contribution in [-0.2, 0) is 6.54 Å². The van der Waals surface area contributed by atoms with E-state index in [0.717, 1.165) is 22.2 Å². The molecule has 0 aliphatic carbocycles. The maximum Gasteiger partial charge on any atom is 0.107 e. The number of benzene rings is 2. The molecule has 3 rings (SSSR count). The van der Waals surface area contributed by atoms with E-state index in [2.05, 4.69) is 24.3 Å². The summed E-state index contributed by atoms with van der Waals surface area (Å²) in [5, 5.41) is 1.16. The third-order valence-electron chi connectivity index (χ3n) is 3.19. The number of rotatable bonds is 3. The van der Waals surface area contributed by atoms with Gasteiger partial charge in [0.25, 0.3) is 0 Å². The van der Waals surface area contributed by atoms with Crippen LogP contribution in [0, 0.1) is 0 Å². The van der Waals surface area contributed by atoms with E-state index < -0.39 is 0 Å². The Hall–Kier alpha value is -2.09. The maximum absolute atomic E-state index is 12.8. The van der Waals surface area contributed by atoms with Gasteiger partial charge < -0.3 is 4.57 Å². The number of aromatic nitrogens is 1. The molecule has 0 fully saturated rings. The molecule has 0 aliphatic heterocycles. The predicted octanol–water partition coefficient (Wildman–Crippen LogP) is 4.28. The summed E-state index contributed by atoms with van der Waals surface area (Å²) < 4.78 is 14.8. The number of fused-ring (bicyclic) bond motifs is 1. The first-order chi connectivity index (χ1) is 8.90. The Morgan fingerprint density at radius 1 is 0.889 bits per heavy atom. The van der Waals surface area contributed by atoms with Crippen LogP contribution >= 0.6 is 0 Å². The van der Waals surface area contributed by atoms with Gasteiger partial charge in [0, 0.05) is 16.6 Å². The van der Waals surface area contributed by atoms with E-state index in [9.17, 15) is 4.39 Å². The SMILES string of the molecule is FCCn1c(-c2ccccc2)cc2ccccc21. The summed E-state index contributed by atoms with van der Waals surface area (Å²) in [4.78, 5) is 0. The molecule has 0 saturated heterocycles. The van der Waals surface area contributed by atoms with Crippen LogP contribution in [0.2, 0.25) is 0 Å². The minimum Gasteiger partial charge on any atom is -0.338 e. The highest BCUT2D eigenvalue weighted by Crippen LogP contribution is 2.27. The van der Waals surface area contributed by atoms with Gasteiger partial charge in [-0.1, -0.05) is 48.5 Å². The maximum atomic E-state index is 12.8. The van der Waals surface area contributed by atoms with Crippen LogP contribution in [-0.4, -0.2) is 11.2 Å². The summed E-state index contributed by atoms with van der Waals surface area (Å²) in [6, 6.07) is 20.4. The van der Waals surface area contributed by atoms with Crippen molar-refractivity contribution in [3.8, 4) is 11.3 Å². The quantitative estimate of drug-likeness (QED) is 0.643. The lowest BCUT2D eigenvalue weighted by Gasteiger charge is -2.08. The zero-order valence-electron chi connectivity index (χ0n) is 10.0. The van der Waals surface area contributed by atoms with Gasteiger partial charge in [-0.05, 0) is 17.7 Å². The fourth-order valence-corrected chi connectivity index (χ4v) is 2.38. The molecule has 1 nitrogen and oxygen atoms in total. The van der Waals surface area contributed by atoms with Gasteiger partial charge >= 0.3 is 0 Å². The highest BCUT2D eigenvalue weighted by molar-refractivity contribution is 5.87. The number of nitrogens with zero attached hydrogens (tertiary/aromatic N) is 1. The lowest BCUT2D eigenvalue weighted by Crippen LogP contribution is -2.01. The highest BCUT2D eigenvalue weighted by atomic mass is 19.1. The number of alkyl halides is 1. The molecule has 0 radical (unpaired) electrons. The van der Waals surface area contributed by atoms with Gasteiger partial charge in [0.1, 0.15) is 6.67 Å². The monoisotopic (exact) mass is 239 g/mol. The Kier molecular flexibility index (Phi) is 2.85. The topological polar surface area (TPSA) is 4.93 Å². The lowest BCUT2D eigenvalue weighted by molar-refractivity contribution is 0.452. The first-order valence-corrected chi connectivity index (χ1v) is 6.10. The first kappa shape index (κ1) is 11.0. The van der Waals surface area contributed by atoms with Crippen molar-refractivity contribution in [2.45, 2.75) is 6.54 Å². The second-order valence-corrected chi connectivity index (χ2v) is 4.30. The summed E-state index contributed by atoms with van der Waals surface area (Å²) >= 11 is 0. The molecule has 1 heterocycles. The van der Waals surface area contributed by atoms with E-state index in [1.807, 2.05) is 41.0 Å². The van der Waals surface area contributed by atoms with Crippen LogP contribution in [0.5, 0.6) is 0 Å². The highest BCUT2D eigenvalue weighted by Gasteiger charge is 2.09. The normalized spacial score (nSPS) is 10.9. The van der Waals surface area contributed by atoms with Crippen molar-refractivity contribution >= 4 is 10.9 Å². The van der Waals surface area contributed by atoms with Gasteiger partial charge in [0.15, 0.2) is 0 Å². The zero-order chi connectivity index (χ0) is 12.4. The van der Waals surface area contributed by atoms with Crippen molar-refractivity contribution in [1.29, 1.82) is 0 Å². The van der Waals surface area contributed by atoms with Gasteiger partial charge in [-0.25, -0.2) is 4.39 Å². The Morgan fingerprint density at radius 2 is 1.61 bits per heavy atom. The summed E-state index contributed by atoms with van der Waals surface area (Å²) in [6.45, 7) is 0.0518. The van der Waals surface area contributed by atoms with Gasteiger partial charge in [-0.2, -0.15) is 0 Å². The van der Waals surface area contributed by atoms with Crippen molar-refractivity contribution in [3.63, 3.8) is 0 Å². The number of aryl methyl sites for hydroxylation is 1. The summed E-state index contributed by atoms with van der Waals surface area (Å²) in [5.41, 5.74) is 3.30. The second-order valence-electron chi connectivity index (χ2n) is 4.30. The number of hydrogen-bond acceptors (Lipinski definition) is 0. The molecule has 0 unspecified atom stereocenters. The third-order valence-corrected chi connectivity index (χ3v) is 3.19. The molecule has 90 valence electrons. The molecule has 2 aromatic carbocycles. The van der Waals surface area contributed by atoms with Crippen LogP contribution in [0.1, 0.15) is 0 Å². The average molecular weight is 239 g/mol.